The lowest BCUT2D eigenvalue weighted by atomic mass is 9.69. The molecule has 1 aromatic carbocycles. The van der Waals surface area contributed by atoms with Gasteiger partial charge in [-0.1, -0.05) is 25.8 Å². The molecule has 1 saturated heterocycles. The van der Waals surface area contributed by atoms with Gasteiger partial charge in [0, 0.05) is 30.3 Å². The molecule has 1 heterocycles. The lowest BCUT2D eigenvalue weighted by molar-refractivity contribution is -0.0788. The molecule has 1 saturated carbocycles. The zero-order valence-corrected chi connectivity index (χ0v) is 12.6. The smallest absolute Gasteiger partial charge is 0.248 e. The monoisotopic (exact) mass is 290 g/mol. The Hall–Kier alpha value is -1.42. The number of hydrogen-bond donors (Lipinski definition) is 1. The second-order valence-corrected chi connectivity index (χ2v) is 6.57. The molecular formula is C17H23FN2O. The van der Waals surface area contributed by atoms with E-state index in [-0.39, 0.29) is 11.4 Å². The normalized spacial score (nSPS) is 24.2. The van der Waals surface area contributed by atoms with Crippen LogP contribution in [0.5, 0.6) is 0 Å². The lowest BCUT2D eigenvalue weighted by Gasteiger charge is -2.56. The van der Waals surface area contributed by atoms with Gasteiger partial charge in [-0.25, -0.2) is 4.39 Å². The highest BCUT2D eigenvalue weighted by Crippen LogP contribution is 2.52. The van der Waals surface area contributed by atoms with Crippen molar-refractivity contribution in [1.82, 2.24) is 4.90 Å². The van der Waals surface area contributed by atoms with Crippen LogP contribution in [0.15, 0.2) is 18.2 Å². The van der Waals surface area contributed by atoms with E-state index in [1.54, 1.807) is 12.1 Å². The highest BCUT2D eigenvalue weighted by atomic mass is 19.1. The van der Waals surface area contributed by atoms with Crippen LogP contribution in [-0.4, -0.2) is 23.4 Å². The maximum Gasteiger partial charge on any atom is 0.248 e. The predicted molar refractivity (Wildman–Crippen MR) is 80.3 cm³/mol. The van der Waals surface area contributed by atoms with Gasteiger partial charge in [-0.15, -0.1) is 0 Å². The molecule has 1 atom stereocenters. The van der Waals surface area contributed by atoms with Crippen molar-refractivity contribution in [2.75, 3.05) is 6.54 Å². The van der Waals surface area contributed by atoms with Crippen molar-refractivity contribution in [1.29, 1.82) is 0 Å². The second-order valence-electron chi connectivity index (χ2n) is 6.57. The van der Waals surface area contributed by atoms with Crippen molar-refractivity contribution >= 4 is 5.91 Å². The zero-order chi connectivity index (χ0) is 15.0. The van der Waals surface area contributed by atoms with E-state index in [1.165, 1.54) is 31.7 Å². The molecule has 0 radical (unpaired) electrons. The fourth-order valence-corrected chi connectivity index (χ4v) is 4.37. The molecule has 3 rings (SSSR count). The first-order valence-corrected chi connectivity index (χ1v) is 7.88. The number of halogens is 1. The molecule has 0 unspecified atom stereocenters. The SMILES string of the molecule is CC[C@H]1N(Cc2ccc(C(N)=O)cc2F)CC12CCCC2. The van der Waals surface area contributed by atoms with E-state index in [9.17, 15) is 9.18 Å². The molecule has 1 aliphatic heterocycles. The van der Waals surface area contributed by atoms with Gasteiger partial charge in [0.2, 0.25) is 5.91 Å². The molecule has 1 aliphatic carbocycles. The molecule has 114 valence electrons. The number of rotatable bonds is 4. The first-order chi connectivity index (χ1) is 10.1. The van der Waals surface area contributed by atoms with Gasteiger partial charge in [-0.05, 0) is 36.8 Å². The summed E-state index contributed by atoms with van der Waals surface area (Å²) in [4.78, 5) is 13.4. The Morgan fingerprint density at radius 1 is 1.43 bits per heavy atom. The minimum atomic E-state index is -0.583. The number of carbonyl (C=O) groups is 1. The van der Waals surface area contributed by atoms with Crippen LogP contribution < -0.4 is 5.73 Å². The van der Waals surface area contributed by atoms with Gasteiger partial charge in [0.05, 0.1) is 0 Å². The molecule has 2 aliphatic rings. The van der Waals surface area contributed by atoms with Crippen LogP contribution in [-0.2, 0) is 6.54 Å². The topological polar surface area (TPSA) is 46.3 Å². The third kappa shape index (κ3) is 2.46. The average Bonchev–Trinajstić information content (AvgIpc) is 2.91. The van der Waals surface area contributed by atoms with Gasteiger partial charge >= 0.3 is 0 Å². The molecule has 1 amide bonds. The number of nitrogens with two attached hydrogens (primary N) is 1. The van der Waals surface area contributed by atoms with Crippen molar-refractivity contribution in [2.24, 2.45) is 11.1 Å². The molecule has 2 N–H and O–H groups in total. The van der Waals surface area contributed by atoms with Gasteiger partial charge in [-0.3, -0.25) is 9.69 Å². The Balaban J connectivity index is 1.71. The maximum absolute atomic E-state index is 14.1. The van der Waals surface area contributed by atoms with E-state index < -0.39 is 5.91 Å². The van der Waals surface area contributed by atoms with Crippen LogP contribution in [0.3, 0.4) is 0 Å². The van der Waals surface area contributed by atoms with Crippen molar-refractivity contribution in [3.63, 3.8) is 0 Å². The largest absolute Gasteiger partial charge is 0.366 e. The number of amides is 1. The minimum absolute atomic E-state index is 0.235. The molecule has 1 spiro atoms. The standard InChI is InChI=1S/C17H23FN2O/c1-2-15-17(7-3-4-8-17)11-20(15)10-13-6-5-12(16(19)21)9-14(13)18/h5-6,9,15H,2-4,7-8,10-11H2,1H3,(H2,19,21)/t15-/m1/s1. The summed E-state index contributed by atoms with van der Waals surface area (Å²) in [7, 11) is 0. The summed E-state index contributed by atoms with van der Waals surface area (Å²) in [6.45, 7) is 3.94. The third-order valence-corrected chi connectivity index (χ3v) is 5.36. The van der Waals surface area contributed by atoms with Crippen molar-refractivity contribution in [2.45, 2.75) is 51.6 Å². The maximum atomic E-state index is 14.1. The average molecular weight is 290 g/mol. The molecular weight excluding hydrogens is 267 g/mol. The van der Waals surface area contributed by atoms with Crippen LogP contribution in [0.2, 0.25) is 0 Å². The number of benzene rings is 1. The lowest BCUT2D eigenvalue weighted by Crippen LogP contribution is -2.62. The Morgan fingerprint density at radius 3 is 2.71 bits per heavy atom. The molecule has 1 aromatic rings. The van der Waals surface area contributed by atoms with Crippen LogP contribution in [0, 0.1) is 11.2 Å². The number of primary amides is 1. The fourth-order valence-electron chi connectivity index (χ4n) is 4.37. The molecule has 3 nitrogen and oxygen atoms in total. The molecule has 2 fully saturated rings. The summed E-state index contributed by atoms with van der Waals surface area (Å²) >= 11 is 0. The van der Waals surface area contributed by atoms with E-state index in [0.29, 0.717) is 23.6 Å². The summed E-state index contributed by atoms with van der Waals surface area (Å²) in [5.41, 5.74) is 6.57. The first kappa shape index (κ1) is 14.5. The Labute approximate surface area is 125 Å². The fraction of sp³-hybridized carbons (Fsp3) is 0.588. The van der Waals surface area contributed by atoms with E-state index in [2.05, 4.69) is 11.8 Å². The van der Waals surface area contributed by atoms with Gasteiger partial charge in [-0.2, -0.15) is 0 Å². The van der Waals surface area contributed by atoms with Gasteiger partial charge < -0.3 is 5.73 Å². The summed E-state index contributed by atoms with van der Waals surface area (Å²) < 4.78 is 14.1. The highest BCUT2D eigenvalue weighted by Gasteiger charge is 2.52. The number of nitrogens with zero attached hydrogens (tertiary/aromatic N) is 1. The quantitative estimate of drug-likeness (QED) is 0.926. The van der Waals surface area contributed by atoms with Gasteiger partial charge in [0.1, 0.15) is 5.82 Å². The second kappa shape index (κ2) is 5.41. The van der Waals surface area contributed by atoms with Gasteiger partial charge in [0.15, 0.2) is 0 Å². The van der Waals surface area contributed by atoms with Gasteiger partial charge in [0.25, 0.3) is 0 Å². The zero-order valence-electron chi connectivity index (χ0n) is 12.6. The predicted octanol–water partition coefficient (Wildman–Crippen LogP) is 3.08. The summed E-state index contributed by atoms with van der Waals surface area (Å²) in [6.07, 6.45) is 6.45. The van der Waals surface area contributed by atoms with E-state index in [0.717, 1.165) is 13.0 Å². The summed E-state index contributed by atoms with van der Waals surface area (Å²) in [5, 5.41) is 0. The van der Waals surface area contributed by atoms with E-state index >= 15 is 0 Å². The summed E-state index contributed by atoms with van der Waals surface area (Å²) in [5.74, 6) is -0.908. The van der Waals surface area contributed by atoms with Crippen molar-refractivity contribution < 1.29 is 9.18 Å². The van der Waals surface area contributed by atoms with Crippen LogP contribution in [0.1, 0.15) is 54.9 Å². The molecule has 0 bridgehead atoms. The number of carbonyl (C=O) groups excluding carboxylic acids is 1. The highest BCUT2D eigenvalue weighted by molar-refractivity contribution is 5.92. The summed E-state index contributed by atoms with van der Waals surface area (Å²) in [6, 6.07) is 5.15. The van der Waals surface area contributed by atoms with Crippen molar-refractivity contribution in [3.8, 4) is 0 Å². The number of hydrogen-bond acceptors (Lipinski definition) is 2. The van der Waals surface area contributed by atoms with Crippen LogP contribution in [0.4, 0.5) is 4.39 Å². The Morgan fingerprint density at radius 2 is 2.14 bits per heavy atom. The minimum Gasteiger partial charge on any atom is -0.366 e. The Kier molecular flexibility index (Phi) is 3.74. The third-order valence-electron chi connectivity index (χ3n) is 5.36. The first-order valence-electron chi connectivity index (χ1n) is 7.88. The van der Waals surface area contributed by atoms with Crippen molar-refractivity contribution in [3.05, 3.63) is 35.1 Å². The van der Waals surface area contributed by atoms with E-state index in [1.807, 2.05) is 0 Å². The Bertz CT molecular complexity index is 552. The van der Waals surface area contributed by atoms with Crippen LogP contribution in [0.25, 0.3) is 0 Å². The molecule has 0 aromatic heterocycles. The van der Waals surface area contributed by atoms with E-state index in [4.69, 9.17) is 5.73 Å². The molecule has 4 heteroatoms. The number of likely N-dealkylation sites (tertiary alicyclic amines) is 1. The molecule has 21 heavy (non-hydrogen) atoms. The van der Waals surface area contributed by atoms with Crippen LogP contribution >= 0.6 is 0 Å².